The minimum Gasteiger partial charge on any atom is -0.469 e. The molecule has 8 heteroatoms. The van der Waals surface area contributed by atoms with Crippen molar-refractivity contribution in [1.82, 2.24) is 0 Å². The normalized spacial score (nSPS) is 57.7. The first-order valence-electron chi connectivity index (χ1n) is 10.9. The highest BCUT2D eigenvalue weighted by Crippen LogP contribution is 2.96. The molecule has 160 valence electrons. The minimum absolute atomic E-state index is 0.0859. The summed E-state index contributed by atoms with van der Waals surface area (Å²) in [6.07, 6.45) is 3.02. The number of esters is 4. The molecule has 2 saturated heterocycles. The van der Waals surface area contributed by atoms with Crippen molar-refractivity contribution in [2.75, 3.05) is 14.2 Å². The van der Waals surface area contributed by atoms with Gasteiger partial charge in [-0.15, -0.1) is 0 Å². The molecule has 8 nitrogen and oxygen atoms in total. The van der Waals surface area contributed by atoms with Gasteiger partial charge in [-0.05, 0) is 49.4 Å². The molecule has 8 aliphatic rings. The Morgan fingerprint density at radius 3 is 1.50 bits per heavy atom. The van der Waals surface area contributed by atoms with Gasteiger partial charge >= 0.3 is 23.9 Å². The maximum absolute atomic E-state index is 13.6. The average Bonchev–Trinajstić information content (AvgIpc) is 3.55. The summed E-state index contributed by atoms with van der Waals surface area (Å²) in [4.78, 5) is 51.6. The lowest BCUT2D eigenvalue weighted by molar-refractivity contribution is -0.231. The van der Waals surface area contributed by atoms with Crippen molar-refractivity contribution in [1.29, 1.82) is 0 Å². The SMILES string of the molecule is COC(=O)[C@@]12[C@@H]3C[C@@]4(CCC(=O)O4)[C@@H]4[C@H]3[C@@H]3[C@@H]1[C@@]1(CCC(=O)O1)C[C@@H]3[C@]42C(=O)OC. The van der Waals surface area contributed by atoms with Crippen molar-refractivity contribution in [3.05, 3.63) is 0 Å². The van der Waals surface area contributed by atoms with E-state index in [1.807, 2.05) is 0 Å². The molecule has 0 N–H and O–H groups in total. The largest absolute Gasteiger partial charge is 0.469 e. The van der Waals surface area contributed by atoms with Crippen molar-refractivity contribution in [2.45, 2.75) is 49.7 Å². The fourth-order valence-electron chi connectivity index (χ4n) is 10.6. The van der Waals surface area contributed by atoms with Crippen LogP contribution in [0.2, 0.25) is 0 Å². The molecule has 2 aliphatic heterocycles. The van der Waals surface area contributed by atoms with Gasteiger partial charge in [0.15, 0.2) is 0 Å². The molecular formula is C22H24O8. The van der Waals surface area contributed by atoms with Crippen LogP contribution < -0.4 is 0 Å². The van der Waals surface area contributed by atoms with Gasteiger partial charge < -0.3 is 18.9 Å². The first kappa shape index (κ1) is 17.5. The quantitative estimate of drug-likeness (QED) is 0.485. The van der Waals surface area contributed by atoms with Crippen LogP contribution in [0.4, 0.5) is 0 Å². The maximum Gasteiger partial charge on any atom is 0.313 e. The summed E-state index contributed by atoms with van der Waals surface area (Å²) in [6.45, 7) is 0. The Morgan fingerprint density at radius 2 is 1.20 bits per heavy atom. The van der Waals surface area contributed by atoms with Crippen molar-refractivity contribution in [2.24, 2.45) is 46.3 Å². The monoisotopic (exact) mass is 416 g/mol. The second-order valence-corrected chi connectivity index (χ2v) is 10.5. The van der Waals surface area contributed by atoms with Gasteiger partial charge in [0, 0.05) is 24.7 Å². The smallest absolute Gasteiger partial charge is 0.313 e. The summed E-state index contributed by atoms with van der Waals surface area (Å²) in [5.41, 5.74) is -3.51. The molecule has 0 unspecified atom stereocenters. The minimum atomic E-state index is -1.07. The zero-order chi connectivity index (χ0) is 20.8. The van der Waals surface area contributed by atoms with E-state index in [2.05, 4.69) is 0 Å². The van der Waals surface area contributed by atoms with E-state index in [4.69, 9.17) is 18.9 Å². The van der Waals surface area contributed by atoms with Crippen LogP contribution in [0.25, 0.3) is 0 Å². The van der Waals surface area contributed by atoms with Gasteiger partial charge in [0.2, 0.25) is 0 Å². The topological polar surface area (TPSA) is 105 Å². The van der Waals surface area contributed by atoms with E-state index in [1.165, 1.54) is 14.2 Å². The number of hydrogen-bond acceptors (Lipinski definition) is 8. The third kappa shape index (κ3) is 1.30. The molecule has 30 heavy (non-hydrogen) atoms. The van der Waals surface area contributed by atoms with E-state index in [9.17, 15) is 19.2 Å². The Balaban J connectivity index is 1.48. The van der Waals surface area contributed by atoms with Crippen molar-refractivity contribution in [3.8, 4) is 0 Å². The molecule has 0 aromatic rings. The van der Waals surface area contributed by atoms with Crippen molar-refractivity contribution in [3.63, 3.8) is 0 Å². The number of ether oxygens (including phenoxy) is 4. The molecule has 0 aromatic heterocycles. The third-order valence-electron chi connectivity index (χ3n) is 10.4. The molecule has 0 amide bonds. The molecule has 10 atom stereocenters. The summed E-state index contributed by atoms with van der Waals surface area (Å²) >= 11 is 0. The molecule has 8 rings (SSSR count). The van der Waals surface area contributed by atoms with Gasteiger partial charge in [-0.2, -0.15) is 0 Å². The molecular weight excluding hydrogens is 392 g/mol. The van der Waals surface area contributed by atoms with E-state index in [0.717, 1.165) is 0 Å². The predicted octanol–water partition coefficient (Wildman–Crippen LogP) is 1.00. The van der Waals surface area contributed by atoms with Crippen LogP contribution in [-0.4, -0.2) is 49.3 Å². The zero-order valence-electron chi connectivity index (χ0n) is 17.0. The zero-order valence-corrected chi connectivity index (χ0v) is 17.0. The number of carbonyl (C=O) groups is 4. The number of rotatable bonds is 2. The van der Waals surface area contributed by atoms with Crippen molar-refractivity contribution >= 4 is 23.9 Å². The maximum atomic E-state index is 13.6. The molecule has 0 radical (unpaired) electrons. The van der Waals surface area contributed by atoms with Crippen LogP contribution >= 0.6 is 0 Å². The first-order chi connectivity index (χ1) is 14.3. The molecule has 6 aliphatic carbocycles. The van der Waals surface area contributed by atoms with Gasteiger partial charge in [-0.1, -0.05) is 0 Å². The highest BCUT2D eigenvalue weighted by Gasteiger charge is 3.02. The summed E-state index contributed by atoms with van der Waals surface area (Å²) in [5.74, 6) is -1.76. The standard InChI is InChI=1S/C22H24O8/c1-27-17(25)21-9-7-20(6-4-12(24)30-20)16-13(9)14-10(22(16,21)18(26)28-2)8-19(15(14)21)5-3-11(23)29-19/h9-10,13-16H,3-8H2,1-2H3/t9-,10+,13-,14-,15-,16+,19-,20+,21-,22-/m1/s1. The van der Waals surface area contributed by atoms with Crippen molar-refractivity contribution < 1.29 is 38.1 Å². The van der Waals surface area contributed by atoms with E-state index in [0.29, 0.717) is 38.5 Å². The molecule has 8 fully saturated rings. The Morgan fingerprint density at radius 1 is 0.800 bits per heavy atom. The van der Waals surface area contributed by atoms with Crippen LogP contribution in [0.3, 0.4) is 0 Å². The van der Waals surface area contributed by atoms with Crippen LogP contribution in [0, 0.1) is 46.3 Å². The lowest BCUT2D eigenvalue weighted by atomic mass is 9.44. The van der Waals surface area contributed by atoms with E-state index < -0.39 is 22.0 Å². The lowest BCUT2D eigenvalue weighted by Gasteiger charge is -2.58. The van der Waals surface area contributed by atoms with Crippen LogP contribution in [-0.2, 0) is 38.1 Å². The summed E-state index contributed by atoms with van der Waals surface area (Å²) in [7, 11) is 2.73. The molecule has 2 heterocycles. The Kier molecular flexibility index (Phi) is 2.75. The molecule has 8 bridgehead atoms. The second-order valence-electron chi connectivity index (χ2n) is 10.5. The third-order valence-corrected chi connectivity index (χ3v) is 10.4. The van der Waals surface area contributed by atoms with Gasteiger partial charge in [-0.25, -0.2) is 0 Å². The van der Waals surface area contributed by atoms with E-state index >= 15 is 0 Å². The first-order valence-corrected chi connectivity index (χ1v) is 10.9. The van der Waals surface area contributed by atoms with Gasteiger partial charge in [0.05, 0.1) is 25.0 Å². The van der Waals surface area contributed by atoms with E-state index in [1.54, 1.807) is 0 Å². The number of methoxy groups -OCH3 is 2. The fourth-order valence-corrected chi connectivity index (χ4v) is 10.6. The number of carbonyl (C=O) groups excluding carboxylic acids is 4. The highest BCUT2D eigenvalue weighted by molar-refractivity contribution is 5.95. The van der Waals surface area contributed by atoms with E-state index in [-0.39, 0.29) is 59.4 Å². The highest BCUT2D eigenvalue weighted by atomic mass is 16.6. The fraction of sp³-hybridized carbons (Fsp3) is 0.818. The van der Waals surface area contributed by atoms with Crippen LogP contribution in [0.15, 0.2) is 0 Å². The lowest BCUT2D eigenvalue weighted by Crippen LogP contribution is -2.69. The summed E-state index contributed by atoms with van der Waals surface area (Å²) in [5, 5.41) is 0. The second kappa shape index (κ2) is 4.70. The van der Waals surface area contributed by atoms with Gasteiger partial charge in [0.1, 0.15) is 11.2 Å². The van der Waals surface area contributed by atoms with Crippen LogP contribution in [0.1, 0.15) is 38.5 Å². The predicted molar refractivity (Wildman–Crippen MR) is 95.2 cm³/mol. The van der Waals surface area contributed by atoms with Gasteiger partial charge in [-0.3, -0.25) is 19.2 Å². The molecule has 6 saturated carbocycles. The summed E-state index contributed by atoms with van der Waals surface area (Å²) < 4.78 is 22.6. The average molecular weight is 416 g/mol. The van der Waals surface area contributed by atoms with Crippen LogP contribution in [0.5, 0.6) is 0 Å². The molecule has 2 spiro atoms. The Bertz CT molecular complexity index is 883. The summed E-state index contributed by atoms with van der Waals surface area (Å²) in [6, 6.07) is 0. The molecule has 0 aromatic carbocycles. The Hall–Kier alpha value is -2.12. The number of hydrogen-bond donors (Lipinski definition) is 0. The Labute approximate surface area is 172 Å². The van der Waals surface area contributed by atoms with Gasteiger partial charge in [0.25, 0.3) is 0 Å².